The van der Waals surface area contributed by atoms with E-state index in [-0.39, 0.29) is 6.10 Å². The van der Waals surface area contributed by atoms with Crippen LogP contribution in [-0.4, -0.2) is 24.3 Å². The van der Waals surface area contributed by atoms with Crippen LogP contribution in [0.15, 0.2) is 12.1 Å². The van der Waals surface area contributed by atoms with Gasteiger partial charge in [-0.2, -0.15) is 5.26 Å². The van der Waals surface area contributed by atoms with Gasteiger partial charge >= 0.3 is 0 Å². The van der Waals surface area contributed by atoms with E-state index < -0.39 is 0 Å². The summed E-state index contributed by atoms with van der Waals surface area (Å²) in [4.78, 5) is 4.26. The van der Waals surface area contributed by atoms with Gasteiger partial charge in [0.15, 0.2) is 0 Å². The Kier molecular flexibility index (Phi) is 3.37. The lowest BCUT2D eigenvalue weighted by atomic mass is 10.1. The first-order valence-electron chi connectivity index (χ1n) is 5.41. The van der Waals surface area contributed by atoms with E-state index in [0.29, 0.717) is 11.4 Å². The predicted octanol–water partition coefficient (Wildman–Crippen LogP) is 1.82. The van der Waals surface area contributed by atoms with E-state index in [9.17, 15) is 0 Å². The van der Waals surface area contributed by atoms with E-state index in [4.69, 9.17) is 14.7 Å². The van der Waals surface area contributed by atoms with Gasteiger partial charge in [-0.15, -0.1) is 0 Å². The van der Waals surface area contributed by atoms with E-state index in [1.54, 1.807) is 12.1 Å². The number of aromatic nitrogens is 1. The second kappa shape index (κ2) is 4.95. The molecule has 4 heteroatoms. The van der Waals surface area contributed by atoms with E-state index >= 15 is 0 Å². The molecular weight excluding hydrogens is 204 g/mol. The number of aryl methyl sites for hydroxylation is 1. The zero-order valence-corrected chi connectivity index (χ0v) is 9.27. The Morgan fingerprint density at radius 3 is 2.88 bits per heavy atom. The molecule has 1 saturated heterocycles. The number of ether oxygens (including phenoxy) is 2. The summed E-state index contributed by atoms with van der Waals surface area (Å²) in [6, 6.07) is 5.53. The number of nitriles is 1. The Labute approximate surface area is 94.8 Å². The molecule has 1 aromatic heterocycles. The number of hydrogen-bond acceptors (Lipinski definition) is 4. The van der Waals surface area contributed by atoms with Gasteiger partial charge in [0.05, 0.1) is 24.8 Å². The van der Waals surface area contributed by atoms with Gasteiger partial charge in [0, 0.05) is 24.6 Å². The van der Waals surface area contributed by atoms with Crippen molar-refractivity contribution in [1.29, 1.82) is 5.26 Å². The lowest BCUT2D eigenvalue weighted by Gasteiger charge is -2.22. The molecule has 0 aromatic carbocycles. The standard InChI is InChI=1S/C12H14N2O2/c1-9-6-10(8-13)7-12(14-9)16-11-2-4-15-5-3-11/h6-7,11H,2-5H2,1H3. The maximum absolute atomic E-state index is 8.84. The van der Waals surface area contributed by atoms with Gasteiger partial charge in [-0.05, 0) is 13.0 Å². The van der Waals surface area contributed by atoms with Gasteiger partial charge in [-0.3, -0.25) is 0 Å². The highest BCUT2D eigenvalue weighted by Gasteiger charge is 2.16. The fraction of sp³-hybridized carbons (Fsp3) is 0.500. The molecule has 1 aromatic rings. The van der Waals surface area contributed by atoms with Crippen LogP contribution < -0.4 is 4.74 Å². The summed E-state index contributed by atoms with van der Waals surface area (Å²) in [7, 11) is 0. The third-order valence-electron chi connectivity index (χ3n) is 2.51. The average molecular weight is 218 g/mol. The van der Waals surface area contributed by atoms with Gasteiger partial charge in [-0.1, -0.05) is 0 Å². The fourth-order valence-electron chi connectivity index (χ4n) is 1.73. The van der Waals surface area contributed by atoms with E-state index in [2.05, 4.69) is 11.1 Å². The average Bonchev–Trinajstić information content (AvgIpc) is 2.29. The predicted molar refractivity (Wildman–Crippen MR) is 58.2 cm³/mol. The lowest BCUT2D eigenvalue weighted by molar-refractivity contribution is 0.0237. The van der Waals surface area contributed by atoms with Crippen molar-refractivity contribution >= 4 is 0 Å². The molecule has 2 heterocycles. The minimum atomic E-state index is 0.162. The first kappa shape index (κ1) is 10.9. The molecule has 0 bridgehead atoms. The van der Waals surface area contributed by atoms with Crippen molar-refractivity contribution in [3.05, 3.63) is 23.4 Å². The minimum Gasteiger partial charge on any atom is -0.474 e. The Hall–Kier alpha value is -1.60. The molecule has 0 aliphatic carbocycles. The Morgan fingerprint density at radius 1 is 1.44 bits per heavy atom. The third-order valence-corrected chi connectivity index (χ3v) is 2.51. The van der Waals surface area contributed by atoms with Crippen LogP contribution in [0, 0.1) is 18.3 Å². The van der Waals surface area contributed by atoms with Crippen LogP contribution in [-0.2, 0) is 4.74 Å². The lowest BCUT2D eigenvalue weighted by Crippen LogP contribution is -2.26. The quantitative estimate of drug-likeness (QED) is 0.759. The second-order valence-corrected chi connectivity index (χ2v) is 3.88. The maximum Gasteiger partial charge on any atom is 0.215 e. The van der Waals surface area contributed by atoms with Crippen LogP contribution in [0.25, 0.3) is 0 Å². The van der Waals surface area contributed by atoms with Gasteiger partial charge < -0.3 is 9.47 Å². The summed E-state index contributed by atoms with van der Waals surface area (Å²) in [6.07, 6.45) is 1.93. The molecule has 0 saturated carbocycles. The molecule has 1 aliphatic rings. The van der Waals surface area contributed by atoms with Gasteiger partial charge in [0.2, 0.25) is 5.88 Å². The largest absolute Gasteiger partial charge is 0.474 e. The molecule has 16 heavy (non-hydrogen) atoms. The van der Waals surface area contributed by atoms with Crippen molar-refractivity contribution < 1.29 is 9.47 Å². The van der Waals surface area contributed by atoms with Crippen LogP contribution in [0.3, 0.4) is 0 Å². The molecule has 1 aliphatic heterocycles. The molecule has 0 spiro atoms. The van der Waals surface area contributed by atoms with E-state index in [1.807, 2.05) is 6.92 Å². The normalized spacial score (nSPS) is 16.8. The third kappa shape index (κ3) is 2.71. The van der Waals surface area contributed by atoms with Crippen LogP contribution in [0.2, 0.25) is 0 Å². The van der Waals surface area contributed by atoms with Crippen LogP contribution in [0.4, 0.5) is 0 Å². The summed E-state index contributed by atoms with van der Waals surface area (Å²) in [6.45, 7) is 3.33. The SMILES string of the molecule is Cc1cc(C#N)cc(OC2CCOCC2)n1. The maximum atomic E-state index is 8.84. The minimum absolute atomic E-state index is 0.162. The summed E-state index contributed by atoms with van der Waals surface area (Å²) in [5.41, 5.74) is 1.40. The monoisotopic (exact) mass is 218 g/mol. The molecule has 0 N–H and O–H groups in total. The van der Waals surface area contributed by atoms with Crippen molar-refractivity contribution in [3.63, 3.8) is 0 Å². The first-order chi connectivity index (χ1) is 7.78. The molecule has 0 atom stereocenters. The van der Waals surface area contributed by atoms with Crippen molar-refractivity contribution in [2.75, 3.05) is 13.2 Å². The van der Waals surface area contributed by atoms with Crippen molar-refractivity contribution in [3.8, 4) is 11.9 Å². The molecule has 84 valence electrons. The Bertz CT molecular complexity index is 406. The van der Waals surface area contributed by atoms with E-state index in [1.165, 1.54) is 0 Å². The zero-order valence-electron chi connectivity index (χ0n) is 9.27. The van der Waals surface area contributed by atoms with Gasteiger partial charge in [0.1, 0.15) is 6.10 Å². The van der Waals surface area contributed by atoms with Crippen molar-refractivity contribution in [1.82, 2.24) is 4.98 Å². The second-order valence-electron chi connectivity index (χ2n) is 3.88. The Balaban J connectivity index is 2.08. The smallest absolute Gasteiger partial charge is 0.215 e. The molecule has 0 unspecified atom stereocenters. The highest BCUT2D eigenvalue weighted by Crippen LogP contribution is 2.17. The summed E-state index contributed by atoms with van der Waals surface area (Å²) in [5, 5.41) is 8.84. The highest BCUT2D eigenvalue weighted by molar-refractivity contribution is 5.34. The molecule has 2 rings (SSSR count). The molecule has 0 radical (unpaired) electrons. The van der Waals surface area contributed by atoms with Gasteiger partial charge in [0.25, 0.3) is 0 Å². The Morgan fingerprint density at radius 2 is 2.19 bits per heavy atom. The summed E-state index contributed by atoms with van der Waals surface area (Å²) >= 11 is 0. The highest BCUT2D eigenvalue weighted by atomic mass is 16.5. The van der Waals surface area contributed by atoms with Crippen molar-refractivity contribution in [2.24, 2.45) is 0 Å². The van der Waals surface area contributed by atoms with Crippen LogP contribution in [0.1, 0.15) is 24.1 Å². The van der Waals surface area contributed by atoms with E-state index in [0.717, 1.165) is 31.7 Å². The van der Waals surface area contributed by atoms with Crippen LogP contribution in [0.5, 0.6) is 5.88 Å². The van der Waals surface area contributed by atoms with Crippen molar-refractivity contribution in [2.45, 2.75) is 25.9 Å². The zero-order chi connectivity index (χ0) is 11.4. The number of pyridine rings is 1. The van der Waals surface area contributed by atoms with Crippen LogP contribution >= 0.6 is 0 Å². The number of nitrogens with zero attached hydrogens (tertiary/aromatic N) is 2. The molecule has 0 amide bonds. The summed E-state index contributed by atoms with van der Waals surface area (Å²) < 4.78 is 11.0. The molecular formula is C12H14N2O2. The molecule has 4 nitrogen and oxygen atoms in total. The first-order valence-corrected chi connectivity index (χ1v) is 5.41. The van der Waals surface area contributed by atoms with Gasteiger partial charge in [-0.25, -0.2) is 4.98 Å². The summed E-state index contributed by atoms with van der Waals surface area (Å²) in [5.74, 6) is 0.545. The fourth-order valence-corrected chi connectivity index (χ4v) is 1.73. The molecule has 1 fully saturated rings. The number of hydrogen-bond donors (Lipinski definition) is 0. The topological polar surface area (TPSA) is 55.1 Å². The number of rotatable bonds is 2.